The molecule has 168 valence electrons. The zero-order chi connectivity index (χ0) is 23.2. The summed E-state index contributed by atoms with van der Waals surface area (Å²) in [4.78, 5) is 32.0. The molecular weight excluding hydrogens is 420 g/mol. The zero-order valence-corrected chi connectivity index (χ0v) is 18.4. The Bertz CT molecular complexity index is 1240. The number of carbonyl (C=O) groups is 2. The molecule has 2 aromatic heterocycles. The van der Waals surface area contributed by atoms with Gasteiger partial charge in [-0.3, -0.25) is 14.6 Å². The molecule has 1 atom stereocenters. The van der Waals surface area contributed by atoms with E-state index in [1.165, 1.54) is 4.90 Å². The highest BCUT2D eigenvalue weighted by atomic mass is 16.5. The van der Waals surface area contributed by atoms with Gasteiger partial charge in [-0.1, -0.05) is 23.4 Å². The lowest BCUT2D eigenvalue weighted by atomic mass is 10.2. The molecular formula is C24H24N6O3. The van der Waals surface area contributed by atoms with Crippen LogP contribution in [0.5, 0.6) is 5.75 Å². The third-order valence-electron chi connectivity index (χ3n) is 5.31. The summed E-state index contributed by atoms with van der Waals surface area (Å²) in [5.41, 5.74) is 2.89. The van der Waals surface area contributed by atoms with Gasteiger partial charge >= 0.3 is 0 Å². The van der Waals surface area contributed by atoms with Crippen molar-refractivity contribution in [2.24, 2.45) is 0 Å². The summed E-state index contributed by atoms with van der Waals surface area (Å²) in [7, 11) is 1.58. The molecule has 0 radical (unpaired) electrons. The Hall–Kier alpha value is -4.27. The molecule has 1 unspecified atom stereocenters. The van der Waals surface area contributed by atoms with Crippen LogP contribution in [0.15, 0.2) is 73.1 Å². The van der Waals surface area contributed by atoms with Crippen LogP contribution in [0.3, 0.4) is 0 Å². The summed E-state index contributed by atoms with van der Waals surface area (Å²) in [6.07, 6.45) is 3.34. The average molecular weight is 444 g/mol. The Morgan fingerprint density at radius 3 is 2.61 bits per heavy atom. The number of methoxy groups -OCH3 is 1. The van der Waals surface area contributed by atoms with Gasteiger partial charge in [0.2, 0.25) is 11.8 Å². The zero-order valence-electron chi connectivity index (χ0n) is 18.4. The number of hydrogen-bond acceptors (Lipinski definition) is 6. The fraction of sp³-hybridized carbons (Fsp3) is 0.208. The van der Waals surface area contributed by atoms with Crippen LogP contribution in [-0.2, 0) is 22.7 Å². The van der Waals surface area contributed by atoms with Crippen molar-refractivity contribution in [1.29, 1.82) is 0 Å². The van der Waals surface area contributed by atoms with E-state index in [0.29, 0.717) is 17.0 Å². The van der Waals surface area contributed by atoms with Crippen LogP contribution in [0.4, 0.5) is 5.69 Å². The van der Waals surface area contributed by atoms with Gasteiger partial charge in [-0.2, -0.15) is 0 Å². The predicted octanol–water partition coefficient (Wildman–Crippen LogP) is 2.89. The van der Waals surface area contributed by atoms with Crippen molar-refractivity contribution < 1.29 is 14.3 Å². The fourth-order valence-corrected chi connectivity index (χ4v) is 3.45. The largest absolute Gasteiger partial charge is 0.497 e. The van der Waals surface area contributed by atoms with E-state index in [1.54, 1.807) is 61.4 Å². The molecule has 0 aliphatic heterocycles. The maximum Gasteiger partial charge on any atom is 0.246 e. The van der Waals surface area contributed by atoms with Crippen molar-refractivity contribution in [3.05, 3.63) is 78.6 Å². The Morgan fingerprint density at radius 2 is 1.88 bits per heavy atom. The molecule has 0 saturated carbocycles. The van der Waals surface area contributed by atoms with Crippen molar-refractivity contribution in [2.45, 2.75) is 26.1 Å². The van der Waals surface area contributed by atoms with E-state index in [1.807, 2.05) is 30.3 Å². The van der Waals surface area contributed by atoms with Crippen LogP contribution >= 0.6 is 0 Å². The van der Waals surface area contributed by atoms with Crippen LogP contribution < -0.4 is 10.1 Å². The molecule has 0 saturated heterocycles. The first-order valence-corrected chi connectivity index (χ1v) is 10.5. The van der Waals surface area contributed by atoms with E-state index < -0.39 is 6.04 Å². The monoisotopic (exact) mass is 444 g/mol. The second-order valence-electron chi connectivity index (χ2n) is 7.51. The number of aromatic nitrogens is 4. The predicted molar refractivity (Wildman–Crippen MR) is 123 cm³/mol. The quantitative estimate of drug-likeness (QED) is 0.448. The standard InChI is InChI=1S/C24H24N6O3/c1-17(24(32)26-19-9-11-20(33-2)12-10-19)29(15-18-6-5-13-25-14-18)23(31)16-30-22-8-4-3-7-21(22)27-28-30/h3-14,17H,15-16H2,1-2H3,(H,26,32). The molecule has 2 aromatic carbocycles. The minimum atomic E-state index is -0.741. The SMILES string of the molecule is COc1ccc(NC(=O)C(C)N(Cc2cccnc2)C(=O)Cn2nnc3ccccc32)cc1. The van der Waals surface area contributed by atoms with Crippen molar-refractivity contribution in [3.8, 4) is 5.75 Å². The van der Waals surface area contributed by atoms with E-state index in [2.05, 4.69) is 20.6 Å². The van der Waals surface area contributed by atoms with Gasteiger partial charge in [0, 0.05) is 24.6 Å². The van der Waals surface area contributed by atoms with E-state index in [4.69, 9.17) is 4.74 Å². The first-order chi connectivity index (χ1) is 16.0. The second-order valence-corrected chi connectivity index (χ2v) is 7.51. The molecule has 0 bridgehead atoms. The number of ether oxygens (including phenoxy) is 1. The third kappa shape index (κ3) is 5.15. The van der Waals surface area contributed by atoms with E-state index in [9.17, 15) is 9.59 Å². The number of nitrogens with one attached hydrogen (secondary N) is 1. The van der Waals surface area contributed by atoms with Crippen LogP contribution in [0.2, 0.25) is 0 Å². The van der Waals surface area contributed by atoms with Crippen LogP contribution in [0.25, 0.3) is 11.0 Å². The molecule has 9 nitrogen and oxygen atoms in total. The third-order valence-corrected chi connectivity index (χ3v) is 5.31. The number of fused-ring (bicyclic) bond motifs is 1. The van der Waals surface area contributed by atoms with Gasteiger partial charge in [0.15, 0.2) is 0 Å². The van der Waals surface area contributed by atoms with Gasteiger partial charge in [0.1, 0.15) is 23.9 Å². The van der Waals surface area contributed by atoms with Crippen LogP contribution in [-0.4, -0.2) is 49.8 Å². The van der Waals surface area contributed by atoms with Crippen LogP contribution in [0, 0.1) is 0 Å². The topological polar surface area (TPSA) is 102 Å². The molecule has 2 amide bonds. The number of nitrogens with zero attached hydrogens (tertiary/aromatic N) is 5. The lowest BCUT2D eigenvalue weighted by Gasteiger charge is -2.28. The number of carbonyl (C=O) groups excluding carboxylic acids is 2. The molecule has 4 rings (SSSR count). The molecule has 4 aromatic rings. The Morgan fingerprint density at radius 1 is 1.09 bits per heavy atom. The highest BCUT2D eigenvalue weighted by Crippen LogP contribution is 2.17. The summed E-state index contributed by atoms with van der Waals surface area (Å²) >= 11 is 0. The maximum absolute atomic E-state index is 13.4. The summed E-state index contributed by atoms with van der Waals surface area (Å²) in [5.74, 6) is 0.127. The molecule has 0 aliphatic carbocycles. The summed E-state index contributed by atoms with van der Waals surface area (Å²) < 4.78 is 6.70. The van der Waals surface area contributed by atoms with E-state index in [-0.39, 0.29) is 24.9 Å². The molecule has 2 heterocycles. The van der Waals surface area contributed by atoms with Gasteiger partial charge in [-0.15, -0.1) is 5.10 Å². The number of para-hydroxylation sites is 1. The summed E-state index contributed by atoms with van der Waals surface area (Å²) in [5, 5.41) is 11.1. The lowest BCUT2D eigenvalue weighted by molar-refractivity contribution is -0.139. The molecule has 0 spiro atoms. The van der Waals surface area contributed by atoms with Crippen LogP contribution in [0.1, 0.15) is 12.5 Å². The van der Waals surface area contributed by atoms with E-state index >= 15 is 0 Å². The normalized spacial score (nSPS) is 11.7. The molecule has 33 heavy (non-hydrogen) atoms. The molecule has 9 heteroatoms. The first kappa shape index (κ1) is 21.9. The number of anilines is 1. The Balaban J connectivity index is 1.55. The van der Waals surface area contributed by atoms with Crippen molar-refractivity contribution in [1.82, 2.24) is 24.9 Å². The highest BCUT2D eigenvalue weighted by molar-refractivity contribution is 5.97. The van der Waals surface area contributed by atoms with E-state index in [0.717, 1.165) is 11.1 Å². The van der Waals surface area contributed by atoms with Crippen molar-refractivity contribution >= 4 is 28.5 Å². The minimum absolute atomic E-state index is 0.0407. The minimum Gasteiger partial charge on any atom is -0.497 e. The van der Waals surface area contributed by atoms with Gasteiger partial charge in [-0.25, -0.2) is 4.68 Å². The Labute approximate surface area is 191 Å². The van der Waals surface area contributed by atoms with Crippen molar-refractivity contribution in [3.63, 3.8) is 0 Å². The van der Waals surface area contributed by atoms with Gasteiger partial charge < -0.3 is 15.0 Å². The second kappa shape index (κ2) is 9.90. The van der Waals surface area contributed by atoms with Gasteiger partial charge in [-0.05, 0) is 55.0 Å². The summed E-state index contributed by atoms with van der Waals surface area (Å²) in [6.45, 7) is 1.89. The number of amides is 2. The summed E-state index contributed by atoms with van der Waals surface area (Å²) in [6, 6.07) is 17.4. The van der Waals surface area contributed by atoms with Gasteiger partial charge in [0.05, 0.1) is 12.6 Å². The van der Waals surface area contributed by atoms with Gasteiger partial charge in [0.25, 0.3) is 0 Å². The number of hydrogen-bond donors (Lipinski definition) is 1. The highest BCUT2D eigenvalue weighted by Gasteiger charge is 2.27. The smallest absolute Gasteiger partial charge is 0.246 e. The number of pyridine rings is 1. The average Bonchev–Trinajstić information content (AvgIpc) is 3.26. The molecule has 0 aliphatic rings. The lowest BCUT2D eigenvalue weighted by Crippen LogP contribution is -2.46. The first-order valence-electron chi connectivity index (χ1n) is 10.5. The maximum atomic E-state index is 13.4. The number of rotatable bonds is 8. The molecule has 1 N–H and O–H groups in total. The van der Waals surface area contributed by atoms with Crippen molar-refractivity contribution in [2.75, 3.05) is 12.4 Å². The number of benzene rings is 2. The molecule has 0 fully saturated rings. The Kier molecular flexibility index (Phi) is 6.58. The fourth-order valence-electron chi connectivity index (χ4n) is 3.45.